The van der Waals surface area contributed by atoms with Gasteiger partial charge < -0.3 is 15.5 Å². The van der Waals surface area contributed by atoms with E-state index in [0.29, 0.717) is 12.6 Å². The summed E-state index contributed by atoms with van der Waals surface area (Å²) in [4.78, 5) is 21.2. The number of nitrogens with zero attached hydrogens (tertiary/aromatic N) is 3. The van der Waals surface area contributed by atoms with Crippen LogP contribution in [0.2, 0.25) is 0 Å². The van der Waals surface area contributed by atoms with Gasteiger partial charge in [0, 0.05) is 45.3 Å². The molecule has 1 aliphatic heterocycles. The van der Waals surface area contributed by atoms with Gasteiger partial charge in [-0.2, -0.15) is 11.8 Å². The Morgan fingerprint density at radius 3 is 2.52 bits per heavy atom. The number of hydrogen-bond acceptors (Lipinski definition) is 4. The first-order valence-corrected chi connectivity index (χ1v) is 10.7. The second kappa shape index (κ2) is 13.0. The van der Waals surface area contributed by atoms with E-state index in [0.717, 1.165) is 64.5 Å². The van der Waals surface area contributed by atoms with Crippen LogP contribution in [0, 0.1) is 0 Å². The summed E-state index contributed by atoms with van der Waals surface area (Å²) in [7, 11) is 0. The molecule has 0 aromatic carbocycles. The zero-order valence-electron chi connectivity index (χ0n) is 15.6. The Morgan fingerprint density at radius 1 is 1.20 bits per heavy atom. The Bertz CT molecular complexity index is 412. The molecule has 0 spiro atoms. The van der Waals surface area contributed by atoms with Crippen LogP contribution in [-0.2, 0) is 4.79 Å². The lowest BCUT2D eigenvalue weighted by atomic mass is 10.3. The van der Waals surface area contributed by atoms with Crippen molar-refractivity contribution in [3.63, 3.8) is 0 Å². The Morgan fingerprint density at radius 2 is 1.92 bits per heavy atom. The molecule has 2 fully saturated rings. The van der Waals surface area contributed by atoms with Crippen molar-refractivity contribution in [3.05, 3.63) is 0 Å². The third-order valence-corrected chi connectivity index (χ3v) is 5.03. The van der Waals surface area contributed by atoms with Gasteiger partial charge in [0.25, 0.3) is 0 Å². The van der Waals surface area contributed by atoms with Crippen molar-refractivity contribution in [2.45, 2.75) is 38.6 Å². The number of rotatable bonds is 9. The summed E-state index contributed by atoms with van der Waals surface area (Å²) in [5.41, 5.74) is 0. The van der Waals surface area contributed by atoms with Gasteiger partial charge in [-0.15, -0.1) is 24.0 Å². The normalized spacial score (nSPS) is 18.6. The van der Waals surface area contributed by atoms with Crippen LogP contribution in [0.5, 0.6) is 0 Å². The van der Waals surface area contributed by atoms with E-state index in [2.05, 4.69) is 33.6 Å². The minimum Gasteiger partial charge on any atom is -0.357 e. The number of aliphatic imine (C=N–C) groups is 1. The summed E-state index contributed by atoms with van der Waals surface area (Å²) in [6.07, 6.45) is 6.83. The van der Waals surface area contributed by atoms with Gasteiger partial charge in [-0.25, -0.2) is 0 Å². The lowest BCUT2D eigenvalue weighted by Crippen LogP contribution is -2.54. The van der Waals surface area contributed by atoms with E-state index in [-0.39, 0.29) is 29.9 Å². The number of halogens is 1. The number of amides is 1. The third-order valence-electron chi connectivity index (χ3n) is 4.33. The summed E-state index contributed by atoms with van der Waals surface area (Å²) in [6.45, 7) is 8.17. The predicted octanol–water partition coefficient (Wildman–Crippen LogP) is 1.61. The highest BCUT2D eigenvalue weighted by atomic mass is 127. The van der Waals surface area contributed by atoms with Gasteiger partial charge in [-0.3, -0.25) is 14.7 Å². The Balaban J connectivity index is 0.00000312. The van der Waals surface area contributed by atoms with Crippen LogP contribution >= 0.6 is 35.7 Å². The van der Waals surface area contributed by atoms with Crippen molar-refractivity contribution >= 4 is 47.6 Å². The van der Waals surface area contributed by atoms with E-state index >= 15 is 0 Å². The monoisotopic (exact) mass is 483 g/mol. The standard InChI is InChI=1S/C17H33N5OS.HI/c1-3-18-17(19-8-4-5-13-24-2)22-11-9-21(10-12-22)14-16(23)20-15-6-7-15;/h15H,3-14H2,1-2H3,(H,18,19)(H,20,23);1H. The molecule has 1 saturated heterocycles. The van der Waals surface area contributed by atoms with Crippen molar-refractivity contribution in [1.29, 1.82) is 0 Å². The molecule has 2 aliphatic rings. The Hall–Kier alpha value is -0.220. The fourth-order valence-corrected chi connectivity index (χ4v) is 3.28. The average Bonchev–Trinajstić information content (AvgIpc) is 3.38. The number of unbranched alkanes of at least 4 members (excludes halogenated alkanes) is 1. The SMILES string of the molecule is CCNC(=NCCCCSC)N1CCN(CC(=O)NC2CC2)CC1.I. The summed E-state index contributed by atoms with van der Waals surface area (Å²) in [5.74, 6) is 2.43. The molecule has 0 atom stereocenters. The van der Waals surface area contributed by atoms with Crippen molar-refractivity contribution in [1.82, 2.24) is 20.4 Å². The topological polar surface area (TPSA) is 60.0 Å². The third kappa shape index (κ3) is 9.33. The molecule has 6 nitrogen and oxygen atoms in total. The summed E-state index contributed by atoms with van der Waals surface area (Å²) in [5, 5.41) is 6.47. The maximum absolute atomic E-state index is 11.9. The summed E-state index contributed by atoms with van der Waals surface area (Å²) < 4.78 is 0. The number of piperazine rings is 1. The van der Waals surface area contributed by atoms with E-state index < -0.39 is 0 Å². The molecule has 0 unspecified atom stereocenters. The minimum absolute atomic E-state index is 0. The van der Waals surface area contributed by atoms with Crippen molar-refractivity contribution in [3.8, 4) is 0 Å². The van der Waals surface area contributed by atoms with Crippen LogP contribution in [0.15, 0.2) is 4.99 Å². The van der Waals surface area contributed by atoms with Gasteiger partial charge in [0.1, 0.15) is 0 Å². The van der Waals surface area contributed by atoms with Gasteiger partial charge in [0.15, 0.2) is 5.96 Å². The quantitative estimate of drug-likeness (QED) is 0.226. The minimum atomic E-state index is 0. The highest BCUT2D eigenvalue weighted by molar-refractivity contribution is 14.0. The van der Waals surface area contributed by atoms with Gasteiger partial charge in [-0.05, 0) is 44.6 Å². The summed E-state index contributed by atoms with van der Waals surface area (Å²) >= 11 is 1.90. The molecule has 1 heterocycles. The van der Waals surface area contributed by atoms with Gasteiger partial charge in [0.05, 0.1) is 6.54 Å². The summed E-state index contributed by atoms with van der Waals surface area (Å²) in [6, 6.07) is 0.456. The first-order chi connectivity index (χ1) is 11.7. The number of guanidine groups is 1. The highest BCUT2D eigenvalue weighted by Crippen LogP contribution is 2.18. The lowest BCUT2D eigenvalue weighted by molar-refractivity contribution is -0.122. The molecule has 25 heavy (non-hydrogen) atoms. The second-order valence-corrected chi connectivity index (χ2v) is 7.53. The molecule has 0 aromatic rings. The fourth-order valence-electron chi connectivity index (χ4n) is 2.79. The van der Waals surface area contributed by atoms with Crippen molar-refractivity contribution in [2.24, 2.45) is 4.99 Å². The number of thioether (sulfide) groups is 1. The average molecular weight is 483 g/mol. The largest absolute Gasteiger partial charge is 0.357 e. The molecule has 8 heteroatoms. The maximum Gasteiger partial charge on any atom is 0.234 e. The molecule has 0 radical (unpaired) electrons. The lowest BCUT2D eigenvalue weighted by Gasteiger charge is -2.36. The number of hydrogen-bond donors (Lipinski definition) is 2. The molecule has 0 aromatic heterocycles. The molecule has 146 valence electrons. The molecule has 1 saturated carbocycles. The molecule has 0 bridgehead atoms. The molecule has 2 N–H and O–H groups in total. The van der Waals surface area contributed by atoms with E-state index in [1.54, 1.807) is 0 Å². The molecular weight excluding hydrogens is 449 g/mol. The maximum atomic E-state index is 11.9. The van der Waals surface area contributed by atoms with E-state index in [9.17, 15) is 4.79 Å². The molecular formula is C17H34IN5OS. The molecule has 2 rings (SSSR count). The van der Waals surface area contributed by atoms with Gasteiger partial charge in [0.2, 0.25) is 5.91 Å². The first kappa shape index (κ1) is 22.8. The van der Waals surface area contributed by atoms with Gasteiger partial charge >= 0.3 is 0 Å². The van der Waals surface area contributed by atoms with Crippen LogP contribution in [0.3, 0.4) is 0 Å². The molecule has 1 aliphatic carbocycles. The Kier molecular flexibility index (Phi) is 11.9. The Labute approximate surface area is 174 Å². The first-order valence-electron chi connectivity index (χ1n) is 9.27. The van der Waals surface area contributed by atoms with E-state index in [1.807, 2.05) is 11.8 Å². The van der Waals surface area contributed by atoms with Crippen LogP contribution in [0.4, 0.5) is 0 Å². The number of carbonyl (C=O) groups is 1. The van der Waals surface area contributed by atoms with E-state index in [1.165, 1.54) is 12.2 Å². The zero-order chi connectivity index (χ0) is 17.2. The highest BCUT2D eigenvalue weighted by Gasteiger charge is 2.25. The van der Waals surface area contributed by atoms with Crippen LogP contribution < -0.4 is 10.6 Å². The van der Waals surface area contributed by atoms with Crippen molar-refractivity contribution < 1.29 is 4.79 Å². The molecule has 1 amide bonds. The fraction of sp³-hybridized carbons (Fsp3) is 0.882. The van der Waals surface area contributed by atoms with Crippen LogP contribution in [0.1, 0.15) is 32.6 Å². The number of nitrogens with one attached hydrogen (secondary N) is 2. The predicted molar refractivity (Wildman–Crippen MR) is 118 cm³/mol. The van der Waals surface area contributed by atoms with Crippen LogP contribution in [-0.4, -0.2) is 85.5 Å². The smallest absolute Gasteiger partial charge is 0.234 e. The van der Waals surface area contributed by atoms with Crippen molar-refractivity contribution in [2.75, 3.05) is 57.8 Å². The number of carbonyl (C=O) groups excluding carboxylic acids is 1. The zero-order valence-corrected chi connectivity index (χ0v) is 18.8. The van der Waals surface area contributed by atoms with Crippen LogP contribution in [0.25, 0.3) is 0 Å². The second-order valence-electron chi connectivity index (χ2n) is 6.54. The van der Waals surface area contributed by atoms with E-state index in [4.69, 9.17) is 4.99 Å². The van der Waals surface area contributed by atoms with Gasteiger partial charge in [-0.1, -0.05) is 0 Å².